The number of benzene rings is 9. The molecule has 2 unspecified atom stereocenters. The number of rotatable bonds is 20. The minimum Gasteiger partial charge on any atom is -0.494 e. The zero-order chi connectivity index (χ0) is 88.5. The number of piperidine rings is 1. The van der Waals surface area contributed by atoms with E-state index in [9.17, 15) is 43.5 Å². The first-order chi connectivity index (χ1) is 62.2. The van der Waals surface area contributed by atoms with E-state index in [0.29, 0.717) is 88.7 Å². The number of carbonyl (C=O) groups excluding carboxylic acids is 8. The fraction of sp³-hybridized carbons (Fsp3) is 0.294. The number of aryl methyl sites for hydroxylation is 1. The lowest BCUT2D eigenvalue weighted by molar-refractivity contribution is -0.123. The number of esters is 3. The summed E-state index contributed by atoms with van der Waals surface area (Å²) in [6, 6.07) is 64.3. The number of aliphatic imine (C=N–C) groups is 1. The van der Waals surface area contributed by atoms with Gasteiger partial charge < -0.3 is 64.2 Å². The lowest BCUT2D eigenvalue weighted by Gasteiger charge is -2.35. The van der Waals surface area contributed by atoms with Crippen molar-refractivity contribution in [3.63, 3.8) is 0 Å². The summed E-state index contributed by atoms with van der Waals surface area (Å²) >= 11 is 0. The number of carbonyl (C=O) groups is 8. The first-order valence-corrected chi connectivity index (χ1v) is 44.0. The third-order valence-corrected chi connectivity index (χ3v) is 25.1. The fourth-order valence-electron chi connectivity index (χ4n) is 18.8. The fourth-order valence-corrected chi connectivity index (χ4v) is 18.8. The summed E-state index contributed by atoms with van der Waals surface area (Å²) in [7, 11) is 4.02. The van der Waals surface area contributed by atoms with Gasteiger partial charge in [-0.1, -0.05) is 115 Å². The summed E-state index contributed by atoms with van der Waals surface area (Å²) in [5.41, 5.74) is 21.1. The molecule has 652 valence electrons. The van der Waals surface area contributed by atoms with Crippen molar-refractivity contribution < 1.29 is 62.4 Å². The van der Waals surface area contributed by atoms with Gasteiger partial charge in [-0.3, -0.25) is 38.5 Å². The van der Waals surface area contributed by atoms with Crippen molar-refractivity contribution in [3.8, 4) is 5.88 Å². The normalized spacial score (nSPS) is 18.2. The largest absolute Gasteiger partial charge is 0.494 e. The number of aromatic amines is 1. The van der Waals surface area contributed by atoms with Gasteiger partial charge in [0.15, 0.2) is 5.88 Å². The van der Waals surface area contributed by atoms with Crippen LogP contribution in [-0.2, 0) is 68.7 Å². The molecule has 7 aliphatic heterocycles. The van der Waals surface area contributed by atoms with Crippen molar-refractivity contribution in [2.45, 2.75) is 116 Å². The number of hydrogen-bond donors (Lipinski definition) is 4. The second-order valence-corrected chi connectivity index (χ2v) is 34.0. The highest BCUT2D eigenvalue weighted by molar-refractivity contribution is 6.39. The molecule has 2 atom stereocenters. The second-order valence-electron chi connectivity index (χ2n) is 34.0. The molecule has 0 spiro atoms. The van der Waals surface area contributed by atoms with E-state index in [1.54, 1.807) is 59.5 Å². The number of hydrogen-bond acceptors (Lipinski definition) is 19. The number of aromatic hydroxyl groups is 1. The van der Waals surface area contributed by atoms with Crippen LogP contribution in [0.15, 0.2) is 218 Å². The molecule has 26 nitrogen and oxygen atoms in total. The number of H-pyrrole nitrogens is 1. The summed E-state index contributed by atoms with van der Waals surface area (Å²) in [6.45, 7) is 12.6. The Hall–Kier alpha value is -14.1. The Labute approximate surface area is 742 Å². The van der Waals surface area contributed by atoms with E-state index >= 15 is 0 Å². The molecule has 2 saturated heterocycles. The Bertz CT molecular complexity index is 6280. The molecule has 9 heterocycles. The summed E-state index contributed by atoms with van der Waals surface area (Å²) < 4.78 is 22.1. The van der Waals surface area contributed by atoms with Gasteiger partial charge in [-0.15, -0.1) is 0 Å². The predicted molar refractivity (Wildman–Crippen MR) is 495 cm³/mol. The van der Waals surface area contributed by atoms with Gasteiger partial charge in [0.2, 0.25) is 17.7 Å². The number of aromatic nitrogens is 3. The van der Waals surface area contributed by atoms with Crippen LogP contribution in [0.3, 0.4) is 0 Å². The highest BCUT2D eigenvalue weighted by Crippen LogP contribution is 2.50. The Kier molecular flexibility index (Phi) is 24.2. The van der Waals surface area contributed by atoms with Gasteiger partial charge in [0.25, 0.3) is 11.8 Å². The molecule has 26 heteroatoms. The molecule has 20 rings (SSSR count). The van der Waals surface area contributed by atoms with Crippen molar-refractivity contribution in [3.05, 3.63) is 285 Å². The summed E-state index contributed by atoms with van der Waals surface area (Å²) in [4.78, 5) is 126. The molecule has 2 aliphatic carbocycles. The minimum atomic E-state index is -0.456. The number of anilines is 7. The third-order valence-electron chi connectivity index (χ3n) is 25.1. The van der Waals surface area contributed by atoms with Crippen LogP contribution in [0.25, 0.3) is 33.4 Å². The molecule has 4 N–H and O–H groups in total. The molecule has 0 radical (unpaired) electrons. The molecule has 9 aromatic carbocycles. The number of methoxy groups -OCH3 is 3. The summed E-state index contributed by atoms with van der Waals surface area (Å²) in [6.07, 6.45) is 13.6. The average molecular weight is 1720 g/mol. The van der Waals surface area contributed by atoms with E-state index in [-0.39, 0.29) is 66.3 Å². The maximum absolute atomic E-state index is 13.7. The lowest BCUT2D eigenvalue weighted by atomic mass is 9.97. The Morgan fingerprint density at radius 2 is 0.953 bits per heavy atom. The zero-order valence-electron chi connectivity index (χ0n) is 72.5. The van der Waals surface area contributed by atoms with Crippen molar-refractivity contribution >= 4 is 132 Å². The highest BCUT2D eigenvalue weighted by atomic mass is 16.5. The van der Waals surface area contributed by atoms with E-state index in [2.05, 4.69) is 64.6 Å². The van der Waals surface area contributed by atoms with E-state index in [1.807, 2.05) is 169 Å². The van der Waals surface area contributed by atoms with Crippen molar-refractivity contribution in [2.75, 3.05) is 115 Å². The molecule has 11 aromatic rings. The van der Waals surface area contributed by atoms with Gasteiger partial charge in [0, 0.05) is 113 Å². The lowest BCUT2D eigenvalue weighted by Crippen LogP contribution is -2.49. The first kappa shape index (κ1) is 84.7. The molecule has 4 fully saturated rings. The van der Waals surface area contributed by atoms with Crippen molar-refractivity contribution in [2.24, 2.45) is 4.99 Å². The molecule has 128 heavy (non-hydrogen) atoms. The number of fused-ring (bicyclic) bond motifs is 6. The number of nitrogens with zero attached hydrogens (tertiary/aromatic N) is 10. The van der Waals surface area contributed by atoms with E-state index in [0.717, 1.165) is 172 Å². The van der Waals surface area contributed by atoms with Crippen LogP contribution in [0.4, 0.5) is 45.5 Å². The van der Waals surface area contributed by atoms with Crippen LogP contribution in [0.2, 0.25) is 0 Å². The van der Waals surface area contributed by atoms with Crippen LogP contribution < -0.4 is 35.1 Å². The van der Waals surface area contributed by atoms with Crippen molar-refractivity contribution in [1.82, 2.24) is 24.6 Å². The molecule has 9 aliphatic rings. The minimum absolute atomic E-state index is 0.00176. The van der Waals surface area contributed by atoms with E-state index < -0.39 is 17.9 Å². The number of ether oxygens (including phenoxy) is 4. The number of nitrogens with one attached hydrogen (secondary N) is 3. The Morgan fingerprint density at radius 3 is 1.44 bits per heavy atom. The van der Waals surface area contributed by atoms with Gasteiger partial charge in [-0.2, -0.15) is 5.10 Å². The smallest absolute Gasteiger partial charge is 0.337 e. The van der Waals surface area contributed by atoms with E-state index in [4.69, 9.17) is 23.9 Å². The first-order valence-electron chi connectivity index (χ1n) is 44.0. The molecule has 0 bridgehead atoms. The Morgan fingerprint density at radius 1 is 0.492 bits per heavy atom. The Balaban J connectivity index is 0.000000130. The molecule has 2 aromatic heterocycles. The van der Waals surface area contributed by atoms with Crippen LogP contribution >= 0.6 is 0 Å². The summed E-state index contributed by atoms with van der Waals surface area (Å²) in [5, 5.41) is 22.0. The van der Waals surface area contributed by atoms with Crippen LogP contribution in [-0.4, -0.2) is 187 Å². The monoisotopic (exact) mass is 1720 g/mol. The number of morpholine rings is 1. The average Bonchev–Trinajstić information content (AvgIpc) is 1.58. The highest BCUT2D eigenvalue weighted by Gasteiger charge is 2.42. The molecule has 2 saturated carbocycles. The van der Waals surface area contributed by atoms with E-state index in [1.165, 1.54) is 40.6 Å². The van der Waals surface area contributed by atoms with Gasteiger partial charge >= 0.3 is 17.9 Å². The summed E-state index contributed by atoms with van der Waals surface area (Å²) in [5.74, 6) is -1.55. The van der Waals surface area contributed by atoms with Crippen LogP contribution in [0, 0.1) is 6.92 Å². The third kappa shape index (κ3) is 17.6. The molecular weight excluding hydrogens is 1620 g/mol. The van der Waals surface area contributed by atoms with Crippen LogP contribution in [0.1, 0.15) is 146 Å². The standard InChI is InChI=1S/C35H36N4O4.C34H36N4O5.C33H29N5O4/c1-43-35(42)25-10-14-28-29(21-25)36-34(41)32(28)33(23-8-4-2-5-9-23)39(26-11-12-26)27-13-15-30-24(20-27)16-19-38(30)31(40)22-37-17-6-3-7-18-37;1-20-5-7-23(8-6-20)32(31-27-11-9-25(34(41)42-4)16-28(27)36-33(31)40)35-26-10-12-29-24(15-26)13-14-38(29)30(39)19-37-17-21(2)43-22(3)18-37;1-42-33(41)23-8-12-26-27(19-23)35-32(40)30(26)31(21-6-3-2-4-7-21)38(24-9-10-24)25-11-13-28-22(18-25)14-17-37(28)29(39)20-36-16-5-15-34-36/h2,4-5,8-10,13-15,20-21,26H,3,6-7,11-12,16-19,22H2,1H3,(H,36,41);5-12,15-16,21-22,36,40H,13-14,17-19H2,1-4H3;2-8,11-13,15-16,18-19,24H,9-10,14,17,20H2,1H3,(H,35,40)/b33-32-;;31-30-. The SMILES string of the molecule is COC(=O)c1ccc2c(C(=Nc3ccc4c(c3)CCN4C(=O)CN3CC(C)OC(C)C3)c3ccc(C)cc3)c(O)[nH]c2c1.COC(=O)c1ccc2c(c1)NC(=O)/C2=C(/c1ccccc1)N(c1ccc2c(c1)CCN2C(=O)CN1CCCCC1)C1CC1.COC(=O)c1ccc2c(c1)NC(=O)/C2=C(/c1ccccc1)N(c1ccc2c(c1)CCN2C(=O)Cn1cccn1)C1CC1. The maximum atomic E-state index is 13.7. The molecular formula is C102H101N13O13. The van der Waals surface area contributed by atoms with Gasteiger partial charge in [0.1, 0.15) is 6.54 Å². The number of likely N-dealkylation sites (tertiary alicyclic amines) is 1. The topological polar surface area (TPSA) is 286 Å². The quantitative estimate of drug-likeness (QED) is 0.0239. The van der Waals surface area contributed by atoms with Crippen molar-refractivity contribution in [1.29, 1.82) is 0 Å². The predicted octanol–water partition coefficient (Wildman–Crippen LogP) is 15.2. The van der Waals surface area contributed by atoms with Gasteiger partial charge in [-0.05, 0) is 217 Å². The van der Waals surface area contributed by atoms with Gasteiger partial charge in [-0.25, -0.2) is 19.4 Å². The maximum Gasteiger partial charge on any atom is 0.337 e. The second kappa shape index (κ2) is 36.5. The number of amides is 5. The molecule has 5 amide bonds. The zero-order valence-corrected chi connectivity index (χ0v) is 72.5. The van der Waals surface area contributed by atoms with Gasteiger partial charge in [0.05, 0.1) is 114 Å². The van der Waals surface area contributed by atoms with Crippen LogP contribution in [0.5, 0.6) is 5.88 Å².